The van der Waals surface area contributed by atoms with Gasteiger partial charge >= 0.3 is 29.6 Å². The minimum atomic E-state index is 0. The van der Waals surface area contributed by atoms with Crippen LogP contribution in [0.5, 0.6) is 29.0 Å². The normalized spacial score (nSPS) is 9.69. The summed E-state index contributed by atoms with van der Waals surface area (Å²) in [6.45, 7) is 6.94. The van der Waals surface area contributed by atoms with Crippen LogP contribution in [0.4, 0.5) is 0 Å². The van der Waals surface area contributed by atoms with Crippen molar-refractivity contribution in [2.24, 2.45) is 0 Å². The van der Waals surface area contributed by atoms with Crippen molar-refractivity contribution in [3.63, 3.8) is 0 Å². The number of nitrogens with zero attached hydrogens (tertiary/aromatic N) is 2. The van der Waals surface area contributed by atoms with Gasteiger partial charge in [0.1, 0.15) is 30.5 Å². The molecule has 0 bridgehead atoms. The quantitative estimate of drug-likeness (QED) is 0.109. The van der Waals surface area contributed by atoms with Gasteiger partial charge < -0.3 is 36.7 Å². The molecule has 0 saturated carbocycles. The van der Waals surface area contributed by atoms with Gasteiger partial charge in [-0.3, -0.25) is 0 Å². The molecule has 42 heavy (non-hydrogen) atoms. The summed E-state index contributed by atoms with van der Waals surface area (Å²) in [5.41, 5.74) is 3.28. The monoisotopic (exact) mass is 730 g/mol. The van der Waals surface area contributed by atoms with Crippen LogP contribution in [0.2, 0.25) is 0 Å². The smallest absolute Gasteiger partial charge is 0.793 e. The Bertz CT molecular complexity index is 1320. The molecule has 220 valence electrons. The van der Waals surface area contributed by atoms with Gasteiger partial charge in [-0.2, -0.15) is 5.75 Å². The van der Waals surface area contributed by atoms with Gasteiger partial charge in [-0.05, 0) is 76.2 Å². The molecule has 0 aliphatic carbocycles. The van der Waals surface area contributed by atoms with Gasteiger partial charge in [-0.25, -0.2) is 9.97 Å². The van der Waals surface area contributed by atoms with E-state index in [-0.39, 0.29) is 35.3 Å². The van der Waals surface area contributed by atoms with Crippen molar-refractivity contribution in [2.45, 2.75) is 38.9 Å². The van der Waals surface area contributed by atoms with E-state index in [0.717, 1.165) is 48.2 Å². The van der Waals surface area contributed by atoms with Gasteiger partial charge in [0.25, 0.3) is 0 Å². The molecular formula is C31H36IN2NaO5S2. The van der Waals surface area contributed by atoms with Crippen molar-refractivity contribution in [2.75, 3.05) is 25.7 Å². The molecule has 2 heterocycles. The van der Waals surface area contributed by atoms with Gasteiger partial charge in [-0.15, -0.1) is 11.8 Å². The van der Waals surface area contributed by atoms with Gasteiger partial charge in [0, 0.05) is 21.9 Å². The van der Waals surface area contributed by atoms with Crippen LogP contribution in [0, 0.1) is 10.5 Å². The third kappa shape index (κ3) is 14.1. The van der Waals surface area contributed by atoms with Gasteiger partial charge in [0.05, 0.1) is 25.3 Å². The maximum absolute atomic E-state index is 9.66. The van der Waals surface area contributed by atoms with E-state index in [1.807, 2.05) is 81.6 Å². The number of aromatic nitrogens is 2. The van der Waals surface area contributed by atoms with Crippen LogP contribution in [0.15, 0.2) is 78.0 Å². The molecule has 0 saturated heterocycles. The molecule has 4 aromatic rings. The molecule has 1 N–H and O–H groups in total. The van der Waals surface area contributed by atoms with Crippen molar-refractivity contribution in [3.05, 3.63) is 93.3 Å². The van der Waals surface area contributed by atoms with Crippen LogP contribution in [0.25, 0.3) is 0 Å². The van der Waals surface area contributed by atoms with Crippen molar-refractivity contribution in [1.82, 2.24) is 9.97 Å². The summed E-state index contributed by atoms with van der Waals surface area (Å²) in [6.07, 6.45) is 3.24. The van der Waals surface area contributed by atoms with E-state index in [4.69, 9.17) is 18.9 Å². The molecule has 11 heteroatoms. The molecule has 0 unspecified atom stereocenters. The number of methoxy groups -OCH3 is 2. The van der Waals surface area contributed by atoms with Crippen molar-refractivity contribution in [3.8, 4) is 29.0 Å². The molecule has 0 fully saturated rings. The topological polar surface area (TPSA) is 82.9 Å². The predicted molar refractivity (Wildman–Crippen MR) is 177 cm³/mol. The summed E-state index contributed by atoms with van der Waals surface area (Å²) in [6, 6.07) is 19.2. The third-order valence-electron chi connectivity index (χ3n) is 5.22. The second-order valence-corrected chi connectivity index (χ2v) is 11.3. The van der Waals surface area contributed by atoms with E-state index < -0.39 is 0 Å². The first-order valence-electron chi connectivity index (χ1n) is 12.9. The Labute approximate surface area is 295 Å². The van der Waals surface area contributed by atoms with Crippen LogP contribution >= 0.6 is 34.4 Å². The van der Waals surface area contributed by atoms with Crippen LogP contribution in [-0.2, 0) is 25.8 Å². The average molecular weight is 731 g/mol. The zero-order chi connectivity index (χ0) is 30.0. The Balaban J connectivity index is 0.000000377. The first-order valence-corrected chi connectivity index (χ1v) is 15.5. The number of benzene rings is 2. The Morgan fingerprint density at radius 1 is 0.810 bits per heavy atom. The molecule has 2 aromatic carbocycles. The molecular weight excluding hydrogens is 694 g/mol. The first kappa shape index (κ1) is 38.2. The SMILES string of the molecule is CCSc1cc(OCc2ccc(OC)cc2)ncc1O.CC[S-].COc1ccc(COc2cc(I)c(C)cn2)cc1.[Na+]. The number of aromatic hydroxyl groups is 1. The van der Waals surface area contributed by atoms with Crippen LogP contribution in [0.1, 0.15) is 30.5 Å². The summed E-state index contributed by atoms with van der Waals surface area (Å²) >= 11 is 8.23. The summed E-state index contributed by atoms with van der Waals surface area (Å²) in [5, 5.41) is 9.66. The second-order valence-electron chi connectivity index (χ2n) is 8.26. The fourth-order valence-corrected chi connectivity index (χ4v) is 4.18. The first-order chi connectivity index (χ1) is 19.8. The Hall–Kier alpha value is -1.83. The minimum Gasteiger partial charge on any atom is -0.793 e. The zero-order valence-corrected chi connectivity index (χ0v) is 30.7. The Morgan fingerprint density at radius 2 is 1.26 bits per heavy atom. The molecule has 0 radical (unpaired) electrons. The minimum absolute atomic E-state index is 0. The predicted octanol–water partition coefficient (Wildman–Crippen LogP) is 4.63. The summed E-state index contributed by atoms with van der Waals surface area (Å²) in [4.78, 5) is 9.08. The van der Waals surface area contributed by atoms with E-state index in [1.54, 1.807) is 32.0 Å². The van der Waals surface area contributed by atoms with Crippen LogP contribution in [-0.4, -0.2) is 40.8 Å². The van der Waals surface area contributed by atoms with E-state index >= 15 is 0 Å². The van der Waals surface area contributed by atoms with E-state index in [1.165, 1.54) is 6.20 Å². The van der Waals surface area contributed by atoms with Gasteiger partial charge in [0.2, 0.25) is 11.8 Å². The van der Waals surface area contributed by atoms with E-state index in [0.29, 0.717) is 25.0 Å². The zero-order valence-electron chi connectivity index (χ0n) is 24.9. The number of halogens is 1. The molecule has 0 aliphatic rings. The largest absolute Gasteiger partial charge is 1.00 e. The Morgan fingerprint density at radius 3 is 1.69 bits per heavy atom. The molecule has 0 amide bonds. The standard InChI is InChI=1S/C15H17NO3S.C14H14INO2.C2H6S.Na/c1-3-20-14-8-15(16-9-13(14)17)19-10-11-4-6-12(18-2)7-5-11;1-10-8-16-14(7-13(10)15)18-9-11-3-5-12(17-2)6-4-11;1-2-3;/h4-9,17H,3,10H2,1-2H3;3-8H,9H2,1-2H3;3H,2H2,1H3;/q;;;+1/p-1. The number of aryl methyl sites for hydroxylation is 1. The molecule has 4 rings (SSSR count). The van der Waals surface area contributed by atoms with E-state index in [9.17, 15) is 5.11 Å². The number of hydrogen-bond donors (Lipinski definition) is 1. The van der Waals surface area contributed by atoms with Crippen LogP contribution in [0.3, 0.4) is 0 Å². The molecule has 2 aromatic heterocycles. The van der Waals surface area contributed by atoms with Crippen molar-refractivity contribution < 1.29 is 53.6 Å². The summed E-state index contributed by atoms with van der Waals surface area (Å²) < 4.78 is 22.6. The number of ether oxygens (including phenoxy) is 4. The third-order valence-corrected chi connectivity index (χ3v) is 7.31. The number of rotatable bonds is 10. The molecule has 0 atom stereocenters. The number of hydrogen-bond acceptors (Lipinski definition) is 9. The molecule has 0 spiro atoms. The average Bonchev–Trinajstić information content (AvgIpc) is 2.99. The number of pyridine rings is 2. The van der Waals surface area contributed by atoms with Gasteiger partial charge in [-0.1, -0.05) is 38.1 Å². The second kappa shape index (κ2) is 21.8. The summed E-state index contributed by atoms with van der Waals surface area (Å²) in [7, 11) is 3.29. The number of thioether (sulfide) groups is 1. The van der Waals surface area contributed by atoms with E-state index in [2.05, 4.69) is 45.2 Å². The van der Waals surface area contributed by atoms with Crippen molar-refractivity contribution >= 4 is 47.0 Å². The van der Waals surface area contributed by atoms with Crippen molar-refractivity contribution in [1.29, 1.82) is 0 Å². The molecule has 0 aliphatic heterocycles. The summed E-state index contributed by atoms with van der Waals surface area (Å²) in [5.74, 6) is 4.74. The molecule has 7 nitrogen and oxygen atoms in total. The maximum atomic E-state index is 9.66. The maximum Gasteiger partial charge on any atom is 1.00 e. The fourth-order valence-electron chi connectivity index (χ4n) is 3.08. The van der Waals surface area contributed by atoms with Crippen LogP contribution < -0.4 is 48.5 Å². The Kier molecular flexibility index (Phi) is 19.8. The fraction of sp³-hybridized carbons (Fsp3) is 0.290. The van der Waals surface area contributed by atoms with Gasteiger partial charge in [0.15, 0.2) is 0 Å².